The van der Waals surface area contributed by atoms with Crippen molar-refractivity contribution < 1.29 is 26.3 Å². The molecule has 102 valence electrons. The van der Waals surface area contributed by atoms with Gasteiger partial charge in [-0.1, -0.05) is 0 Å². The number of benzene rings is 1. The van der Waals surface area contributed by atoms with Crippen molar-refractivity contribution in [2.24, 2.45) is 0 Å². The molecule has 0 radical (unpaired) electrons. The van der Waals surface area contributed by atoms with E-state index in [2.05, 4.69) is 4.98 Å². The molecule has 0 bridgehead atoms. The lowest BCUT2D eigenvalue weighted by Crippen LogP contribution is -2.09. The van der Waals surface area contributed by atoms with Crippen molar-refractivity contribution >= 4 is 10.9 Å². The van der Waals surface area contributed by atoms with Crippen LogP contribution >= 0.6 is 0 Å². The van der Waals surface area contributed by atoms with E-state index in [-0.39, 0.29) is 11.2 Å². The minimum absolute atomic E-state index is 0.0968. The Kier molecular flexibility index (Phi) is 2.95. The Morgan fingerprint density at radius 3 is 2.05 bits per heavy atom. The Morgan fingerprint density at radius 2 is 1.53 bits per heavy atom. The van der Waals surface area contributed by atoms with Crippen LogP contribution in [0.4, 0.5) is 26.3 Å². The van der Waals surface area contributed by atoms with E-state index in [1.165, 1.54) is 6.92 Å². The van der Waals surface area contributed by atoms with Crippen molar-refractivity contribution in [2.75, 3.05) is 0 Å². The monoisotopic (exact) mass is 279 g/mol. The highest BCUT2D eigenvalue weighted by Crippen LogP contribution is 2.37. The lowest BCUT2D eigenvalue weighted by atomic mass is 10.0. The largest absolute Gasteiger partial charge is 0.417 e. The third-order valence-corrected chi connectivity index (χ3v) is 2.57. The Morgan fingerprint density at radius 1 is 0.895 bits per heavy atom. The molecule has 7 heteroatoms. The van der Waals surface area contributed by atoms with Gasteiger partial charge in [0.2, 0.25) is 0 Å². The van der Waals surface area contributed by atoms with Gasteiger partial charge in [0, 0.05) is 11.1 Å². The molecule has 0 aliphatic heterocycles. The molecule has 1 heterocycles. The summed E-state index contributed by atoms with van der Waals surface area (Å²) < 4.78 is 76.0. The number of alkyl halides is 6. The van der Waals surface area contributed by atoms with Gasteiger partial charge in [0.05, 0.1) is 16.6 Å². The maximum atomic E-state index is 12.8. The molecule has 0 fully saturated rings. The highest BCUT2D eigenvalue weighted by Gasteiger charge is 2.35. The molecule has 0 amide bonds. The zero-order valence-electron chi connectivity index (χ0n) is 9.52. The van der Waals surface area contributed by atoms with Crippen molar-refractivity contribution in [2.45, 2.75) is 19.3 Å². The molecule has 0 unspecified atom stereocenters. The molecule has 0 spiro atoms. The fraction of sp³-hybridized carbons (Fsp3) is 0.250. The van der Waals surface area contributed by atoms with Crippen molar-refractivity contribution in [3.05, 3.63) is 41.1 Å². The van der Waals surface area contributed by atoms with Crippen LogP contribution in [-0.2, 0) is 12.4 Å². The van der Waals surface area contributed by atoms with Crippen LogP contribution in [0.5, 0.6) is 0 Å². The quantitative estimate of drug-likeness (QED) is 0.643. The molecule has 2 rings (SSSR count). The lowest BCUT2D eigenvalue weighted by Gasteiger charge is -2.13. The lowest BCUT2D eigenvalue weighted by molar-refractivity contribution is -0.139. The van der Waals surface area contributed by atoms with E-state index < -0.39 is 28.9 Å². The zero-order chi connectivity index (χ0) is 14.4. The van der Waals surface area contributed by atoms with Crippen LogP contribution in [0, 0.1) is 6.92 Å². The molecule has 0 saturated carbocycles. The minimum atomic E-state index is -4.73. The summed E-state index contributed by atoms with van der Waals surface area (Å²) in [5.41, 5.74) is -2.25. The van der Waals surface area contributed by atoms with Gasteiger partial charge in [-0.2, -0.15) is 26.3 Å². The summed E-state index contributed by atoms with van der Waals surface area (Å²) in [5.74, 6) is 0. The van der Waals surface area contributed by atoms with Gasteiger partial charge in [0.15, 0.2) is 0 Å². The first-order valence-corrected chi connectivity index (χ1v) is 5.15. The molecule has 0 saturated heterocycles. The summed E-state index contributed by atoms with van der Waals surface area (Å²) in [6.07, 6.45) is -9.42. The third kappa shape index (κ3) is 2.64. The molecule has 19 heavy (non-hydrogen) atoms. The highest BCUT2D eigenvalue weighted by atomic mass is 19.4. The number of nitrogens with zero attached hydrogens (tertiary/aromatic N) is 1. The third-order valence-electron chi connectivity index (χ3n) is 2.57. The highest BCUT2D eigenvalue weighted by molar-refractivity contribution is 5.83. The van der Waals surface area contributed by atoms with Gasteiger partial charge in [-0.15, -0.1) is 0 Å². The van der Waals surface area contributed by atoms with Crippen molar-refractivity contribution in [3.63, 3.8) is 0 Å². The van der Waals surface area contributed by atoms with Gasteiger partial charge < -0.3 is 0 Å². The summed E-state index contributed by atoms with van der Waals surface area (Å²) in [6, 6.07) is 2.88. The Labute approximate surface area is 103 Å². The Bertz CT molecular complexity index is 626. The van der Waals surface area contributed by atoms with E-state index in [4.69, 9.17) is 0 Å². The Hall–Kier alpha value is -1.79. The van der Waals surface area contributed by atoms with Crippen molar-refractivity contribution in [1.82, 2.24) is 4.98 Å². The van der Waals surface area contributed by atoms with Crippen LogP contribution in [-0.4, -0.2) is 4.98 Å². The molecule has 0 atom stereocenters. The van der Waals surface area contributed by atoms with Crippen LogP contribution < -0.4 is 0 Å². The van der Waals surface area contributed by atoms with Crippen molar-refractivity contribution in [3.8, 4) is 0 Å². The average Bonchev–Trinajstić information content (AvgIpc) is 2.24. The normalized spacial score (nSPS) is 13.0. The number of hydrogen-bond donors (Lipinski definition) is 0. The molecule has 0 N–H and O–H groups in total. The molecular weight excluding hydrogens is 272 g/mol. The zero-order valence-corrected chi connectivity index (χ0v) is 9.52. The molecule has 0 aliphatic rings. The molecule has 1 aromatic carbocycles. The SMILES string of the molecule is Cc1cc(C(F)(F)F)c2cc(C(F)(F)F)ccc2n1. The second kappa shape index (κ2) is 4.11. The maximum absolute atomic E-state index is 12.8. The minimum Gasteiger partial charge on any atom is -0.253 e. The summed E-state index contributed by atoms with van der Waals surface area (Å²) in [7, 11) is 0. The second-order valence-corrected chi connectivity index (χ2v) is 4.04. The van der Waals surface area contributed by atoms with Gasteiger partial charge in [0.1, 0.15) is 0 Å². The van der Waals surface area contributed by atoms with E-state index in [1.807, 2.05) is 0 Å². The van der Waals surface area contributed by atoms with Gasteiger partial charge in [-0.05, 0) is 31.2 Å². The van der Waals surface area contributed by atoms with E-state index >= 15 is 0 Å². The fourth-order valence-corrected chi connectivity index (χ4v) is 1.77. The number of halogens is 6. The maximum Gasteiger partial charge on any atom is 0.417 e. The number of rotatable bonds is 0. The summed E-state index contributed by atoms with van der Waals surface area (Å²) in [5, 5.41) is -0.548. The van der Waals surface area contributed by atoms with E-state index in [9.17, 15) is 26.3 Å². The van der Waals surface area contributed by atoms with Gasteiger partial charge >= 0.3 is 12.4 Å². The van der Waals surface area contributed by atoms with Crippen LogP contribution in [0.15, 0.2) is 24.3 Å². The topological polar surface area (TPSA) is 12.9 Å². The molecule has 1 nitrogen and oxygen atoms in total. The predicted octanol–water partition coefficient (Wildman–Crippen LogP) is 4.58. The average molecular weight is 279 g/mol. The van der Waals surface area contributed by atoms with E-state index in [0.29, 0.717) is 6.07 Å². The number of pyridine rings is 1. The number of fused-ring (bicyclic) bond motifs is 1. The number of hydrogen-bond acceptors (Lipinski definition) is 1. The van der Waals surface area contributed by atoms with E-state index in [0.717, 1.165) is 18.2 Å². The smallest absolute Gasteiger partial charge is 0.253 e. The second-order valence-electron chi connectivity index (χ2n) is 4.04. The summed E-state index contributed by atoms with van der Waals surface area (Å²) in [4.78, 5) is 3.81. The first-order chi connectivity index (χ1) is 8.59. The summed E-state index contributed by atoms with van der Waals surface area (Å²) >= 11 is 0. The fourth-order valence-electron chi connectivity index (χ4n) is 1.77. The standard InChI is InChI=1S/C12H7F6N/c1-6-4-9(12(16,17)18)8-5-7(11(13,14)15)2-3-10(8)19-6/h2-5H,1H3. The number of aromatic nitrogens is 1. The first kappa shape index (κ1) is 13.6. The van der Waals surface area contributed by atoms with Crippen molar-refractivity contribution in [1.29, 1.82) is 0 Å². The molecular formula is C12H7F6N. The van der Waals surface area contributed by atoms with Crippen LogP contribution in [0.3, 0.4) is 0 Å². The first-order valence-electron chi connectivity index (χ1n) is 5.15. The van der Waals surface area contributed by atoms with Gasteiger partial charge in [-0.25, -0.2) is 0 Å². The molecule has 0 aliphatic carbocycles. The predicted molar refractivity (Wildman–Crippen MR) is 56.5 cm³/mol. The number of aryl methyl sites for hydroxylation is 1. The summed E-state index contributed by atoms with van der Waals surface area (Å²) in [6.45, 7) is 1.35. The molecule has 2 aromatic rings. The molecule has 1 aromatic heterocycles. The van der Waals surface area contributed by atoms with Gasteiger partial charge in [-0.3, -0.25) is 4.98 Å². The van der Waals surface area contributed by atoms with Crippen LogP contribution in [0.2, 0.25) is 0 Å². The van der Waals surface area contributed by atoms with E-state index in [1.54, 1.807) is 0 Å². The Balaban J connectivity index is 2.80. The van der Waals surface area contributed by atoms with Crippen LogP contribution in [0.25, 0.3) is 10.9 Å². The van der Waals surface area contributed by atoms with Gasteiger partial charge in [0.25, 0.3) is 0 Å². The van der Waals surface area contributed by atoms with Crippen LogP contribution in [0.1, 0.15) is 16.8 Å².